The summed E-state index contributed by atoms with van der Waals surface area (Å²) in [5.41, 5.74) is 1.51. The van der Waals surface area contributed by atoms with E-state index >= 15 is 0 Å². The molecule has 1 atom stereocenters. The molecular weight excluding hydrogens is 256 g/mol. The molecule has 0 saturated heterocycles. The highest BCUT2D eigenvalue weighted by Gasteiger charge is 2.17. The van der Waals surface area contributed by atoms with Gasteiger partial charge in [-0.3, -0.25) is 9.59 Å². The van der Waals surface area contributed by atoms with Gasteiger partial charge in [0.2, 0.25) is 0 Å². The lowest BCUT2D eigenvalue weighted by atomic mass is 10.0. The number of H-pyrrole nitrogens is 1. The standard InChI is InChI=1S/C15H18N2O3/c1-2-3-12(15(19)20)9-17-14(18)11-4-5-13-10(8-11)6-7-16-13/h4-8,12,16H,2-3,9H2,1H3,(H,17,18)(H,19,20). The highest BCUT2D eigenvalue weighted by atomic mass is 16.4. The predicted octanol–water partition coefficient (Wildman–Crippen LogP) is 2.40. The summed E-state index contributed by atoms with van der Waals surface area (Å²) in [7, 11) is 0. The molecule has 1 heterocycles. The molecule has 2 aromatic rings. The number of carbonyl (C=O) groups excluding carboxylic acids is 1. The molecule has 106 valence electrons. The predicted molar refractivity (Wildman–Crippen MR) is 76.7 cm³/mol. The Kier molecular flexibility index (Phi) is 4.40. The molecule has 1 unspecified atom stereocenters. The molecule has 1 aromatic carbocycles. The summed E-state index contributed by atoms with van der Waals surface area (Å²) < 4.78 is 0. The van der Waals surface area contributed by atoms with Gasteiger partial charge in [-0.1, -0.05) is 13.3 Å². The van der Waals surface area contributed by atoms with Crippen LogP contribution in [0.4, 0.5) is 0 Å². The smallest absolute Gasteiger partial charge is 0.308 e. The van der Waals surface area contributed by atoms with Gasteiger partial charge in [0.05, 0.1) is 5.92 Å². The maximum atomic E-state index is 12.0. The number of carboxylic acid groups (broad SMARTS) is 1. The Morgan fingerprint density at radius 1 is 1.35 bits per heavy atom. The van der Waals surface area contributed by atoms with E-state index in [1.807, 2.05) is 25.3 Å². The zero-order valence-electron chi connectivity index (χ0n) is 11.3. The van der Waals surface area contributed by atoms with E-state index in [9.17, 15) is 9.59 Å². The number of nitrogens with one attached hydrogen (secondary N) is 2. The van der Waals surface area contributed by atoms with Crippen molar-refractivity contribution in [2.75, 3.05) is 6.54 Å². The molecule has 2 rings (SSSR count). The Hall–Kier alpha value is -2.30. The van der Waals surface area contributed by atoms with Gasteiger partial charge in [-0.25, -0.2) is 0 Å². The van der Waals surface area contributed by atoms with E-state index in [4.69, 9.17) is 5.11 Å². The third-order valence-corrected chi connectivity index (χ3v) is 3.31. The van der Waals surface area contributed by atoms with Crippen molar-refractivity contribution in [2.24, 2.45) is 5.92 Å². The molecule has 0 aliphatic rings. The average Bonchev–Trinajstić information content (AvgIpc) is 2.89. The molecule has 1 aromatic heterocycles. The molecule has 0 fully saturated rings. The van der Waals surface area contributed by atoms with Crippen LogP contribution in [0.5, 0.6) is 0 Å². The van der Waals surface area contributed by atoms with Gasteiger partial charge in [0, 0.05) is 29.2 Å². The number of benzene rings is 1. The Morgan fingerprint density at radius 2 is 2.15 bits per heavy atom. The van der Waals surface area contributed by atoms with E-state index in [1.54, 1.807) is 12.1 Å². The maximum Gasteiger partial charge on any atom is 0.308 e. The SMILES string of the molecule is CCCC(CNC(=O)c1ccc2[nH]ccc2c1)C(=O)O. The first-order chi connectivity index (χ1) is 9.61. The number of amides is 1. The summed E-state index contributed by atoms with van der Waals surface area (Å²) in [6, 6.07) is 7.24. The van der Waals surface area contributed by atoms with Crippen molar-refractivity contribution in [3.05, 3.63) is 36.0 Å². The van der Waals surface area contributed by atoms with Crippen LogP contribution in [0, 0.1) is 5.92 Å². The molecular formula is C15H18N2O3. The zero-order chi connectivity index (χ0) is 14.5. The van der Waals surface area contributed by atoms with Crippen molar-refractivity contribution in [1.82, 2.24) is 10.3 Å². The summed E-state index contributed by atoms with van der Waals surface area (Å²) in [6.07, 6.45) is 3.16. The first-order valence-electron chi connectivity index (χ1n) is 6.70. The lowest BCUT2D eigenvalue weighted by Crippen LogP contribution is -2.32. The second-order valence-electron chi connectivity index (χ2n) is 4.81. The molecule has 0 radical (unpaired) electrons. The van der Waals surface area contributed by atoms with Crippen molar-refractivity contribution in [2.45, 2.75) is 19.8 Å². The van der Waals surface area contributed by atoms with E-state index in [0.29, 0.717) is 12.0 Å². The molecule has 0 aliphatic heterocycles. The largest absolute Gasteiger partial charge is 0.481 e. The van der Waals surface area contributed by atoms with Crippen molar-refractivity contribution in [3.63, 3.8) is 0 Å². The highest BCUT2D eigenvalue weighted by molar-refractivity contribution is 5.98. The zero-order valence-corrected chi connectivity index (χ0v) is 11.3. The van der Waals surface area contributed by atoms with Crippen LogP contribution in [0.25, 0.3) is 10.9 Å². The fourth-order valence-electron chi connectivity index (χ4n) is 2.17. The number of aliphatic carboxylic acids is 1. The van der Waals surface area contributed by atoms with Crippen LogP contribution < -0.4 is 5.32 Å². The average molecular weight is 274 g/mol. The van der Waals surface area contributed by atoms with Crippen LogP contribution >= 0.6 is 0 Å². The van der Waals surface area contributed by atoms with Gasteiger partial charge in [0.25, 0.3) is 5.91 Å². The van der Waals surface area contributed by atoms with E-state index < -0.39 is 11.9 Å². The summed E-state index contributed by atoms with van der Waals surface area (Å²) >= 11 is 0. The molecule has 0 aliphatic carbocycles. The van der Waals surface area contributed by atoms with Gasteiger partial charge < -0.3 is 15.4 Å². The topological polar surface area (TPSA) is 82.2 Å². The Labute approximate surface area is 117 Å². The van der Waals surface area contributed by atoms with E-state index in [-0.39, 0.29) is 12.5 Å². The number of aromatic nitrogens is 1. The summed E-state index contributed by atoms with van der Waals surface area (Å²) in [5.74, 6) is -1.64. The van der Waals surface area contributed by atoms with E-state index in [0.717, 1.165) is 17.3 Å². The highest BCUT2D eigenvalue weighted by Crippen LogP contribution is 2.14. The van der Waals surface area contributed by atoms with Gasteiger partial charge in [0.15, 0.2) is 0 Å². The van der Waals surface area contributed by atoms with Gasteiger partial charge in [-0.2, -0.15) is 0 Å². The van der Waals surface area contributed by atoms with Gasteiger partial charge in [0.1, 0.15) is 0 Å². The van der Waals surface area contributed by atoms with Crippen molar-refractivity contribution in [1.29, 1.82) is 0 Å². The van der Waals surface area contributed by atoms with Crippen LogP contribution in [0.3, 0.4) is 0 Å². The molecule has 5 nitrogen and oxygen atoms in total. The number of aromatic amines is 1. The minimum atomic E-state index is -0.867. The Bertz CT molecular complexity index is 618. The van der Waals surface area contributed by atoms with Crippen LogP contribution in [0.1, 0.15) is 30.1 Å². The molecule has 20 heavy (non-hydrogen) atoms. The molecule has 3 N–H and O–H groups in total. The number of hydrogen-bond donors (Lipinski definition) is 3. The van der Waals surface area contributed by atoms with Gasteiger partial charge in [-0.15, -0.1) is 0 Å². The molecule has 5 heteroatoms. The number of rotatable bonds is 6. The first kappa shape index (κ1) is 14.1. The monoisotopic (exact) mass is 274 g/mol. The van der Waals surface area contributed by atoms with Gasteiger partial charge in [-0.05, 0) is 30.7 Å². The van der Waals surface area contributed by atoms with Crippen molar-refractivity contribution >= 4 is 22.8 Å². The number of hydrogen-bond acceptors (Lipinski definition) is 2. The minimum absolute atomic E-state index is 0.160. The molecule has 0 bridgehead atoms. The van der Waals surface area contributed by atoms with Crippen molar-refractivity contribution in [3.8, 4) is 0 Å². The molecule has 0 spiro atoms. The second kappa shape index (κ2) is 6.23. The van der Waals surface area contributed by atoms with Crippen LogP contribution in [0.15, 0.2) is 30.5 Å². The van der Waals surface area contributed by atoms with Crippen LogP contribution in [0.2, 0.25) is 0 Å². The van der Waals surface area contributed by atoms with E-state index in [2.05, 4.69) is 10.3 Å². The van der Waals surface area contributed by atoms with Gasteiger partial charge >= 0.3 is 5.97 Å². The van der Waals surface area contributed by atoms with Crippen LogP contribution in [-0.2, 0) is 4.79 Å². The first-order valence-corrected chi connectivity index (χ1v) is 6.70. The summed E-state index contributed by atoms with van der Waals surface area (Å²) in [4.78, 5) is 26.1. The number of carbonyl (C=O) groups is 2. The summed E-state index contributed by atoms with van der Waals surface area (Å²) in [6.45, 7) is 2.09. The fourth-order valence-corrected chi connectivity index (χ4v) is 2.17. The fraction of sp³-hybridized carbons (Fsp3) is 0.333. The third-order valence-electron chi connectivity index (χ3n) is 3.31. The normalized spacial score (nSPS) is 12.2. The summed E-state index contributed by atoms with van der Waals surface area (Å²) in [5, 5.41) is 12.7. The Balaban J connectivity index is 2.02. The Morgan fingerprint density at radius 3 is 2.85 bits per heavy atom. The lowest BCUT2D eigenvalue weighted by molar-refractivity contribution is -0.141. The second-order valence-corrected chi connectivity index (χ2v) is 4.81. The number of carboxylic acids is 1. The quantitative estimate of drug-likeness (QED) is 0.756. The maximum absolute atomic E-state index is 12.0. The van der Waals surface area contributed by atoms with E-state index in [1.165, 1.54) is 0 Å². The third kappa shape index (κ3) is 3.17. The minimum Gasteiger partial charge on any atom is -0.481 e. The molecule has 1 amide bonds. The van der Waals surface area contributed by atoms with Crippen LogP contribution in [-0.4, -0.2) is 28.5 Å². The van der Waals surface area contributed by atoms with Crippen molar-refractivity contribution < 1.29 is 14.7 Å². The number of fused-ring (bicyclic) bond motifs is 1. The molecule has 0 saturated carbocycles. The lowest BCUT2D eigenvalue weighted by Gasteiger charge is -2.12.